The van der Waals surface area contributed by atoms with Gasteiger partial charge in [0.05, 0.1) is 5.69 Å². The molecule has 0 bridgehead atoms. The molecule has 2 rings (SSSR count). The summed E-state index contributed by atoms with van der Waals surface area (Å²) >= 11 is 0. The molecule has 110 valence electrons. The predicted octanol–water partition coefficient (Wildman–Crippen LogP) is 1.95. The van der Waals surface area contributed by atoms with E-state index >= 15 is 0 Å². The van der Waals surface area contributed by atoms with Crippen LogP contribution >= 0.6 is 0 Å². The van der Waals surface area contributed by atoms with Gasteiger partial charge in [0.2, 0.25) is 5.91 Å². The number of aromatic nitrogens is 2. The number of carbonyl (C=O) groups excluding carboxylic acids is 1. The monoisotopic (exact) mass is 289 g/mol. The molecule has 1 heterocycles. The number of hydrogen-bond acceptors (Lipinski definition) is 3. The van der Waals surface area contributed by atoms with Crippen LogP contribution in [0.1, 0.15) is 16.8 Å². The van der Waals surface area contributed by atoms with Crippen molar-refractivity contribution in [3.05, 3.63) is 57.3 Å². The molecule has 1 aromatic carbocycles. The molecule has 0 aliphatic carbocycles. The Morgan fingerprint density at radius 2 is 1.95 bits per heavy atom. The van der Waals surface area contributed by atoms with Gasteiger partial charge in [-0.3, -0.25) is 9.59 Å². The second-order valence-electron chi connectivity index (χ2n) is 4.92. The minimum Gasteiger partial charge on any atom is -0.324 e. The number of benzene rings is 1. The summed E-state index contributed by atoms with van der Waals surface area (Å²) in [6.07, 6.45) is 0. The van der Waals surface area contributed by atoms with E-state index in [9.17, 15) is 14.0 Å². The zero-order chi connectivity index (χ0) is 15.6. The van der Waals surface area contributed by atoms with E-state index in [1.165, 1.54) is 24.3 Å². The number of nitrogens with zero attached hydrogens (tertiary/aromatic N) is 2. The van der Waals surface area contributed by atoms with Crippen molar-refractivity contribution in [3.63, 3.8) is 0 Å². The van der Waals surface area contributed by atoms with Crippen LogP contribution in [0.25, 0.3) is 0 Å². The third kappa shape index (κ3) is 3.53. The van der Waals surface area contributed by atoms with Crippen molar-refractivity contribution in [2.45, 2.75) is 27.3 Å². The minimum absolute atomic E-state index is 0.184. The standard InChI is InChI=1S/C15H16FN3O2/c1-9-7-15(21)19(18-11(9)3)8-14(20)17-13-5-4-12(16)6-10(13)2/h4-7H,8H2,1-3H3,(H,17,20). The lowest BCUT2D eigenvalue weighted by molar-refractivity contribution is -0.117. The summed E-state index contributed by atoms with van der Waals surface area (Å²) in [4.78, 5) is 23.7. The van der Waals surface area contributed by atoms with Gasteiger partial charge in [0.1, 0.15) is 12.4 Å². The normalized spacial score (nSPS) is 10.5. The predicted molar refractivity (Wildman–Crippen MR) is 77.7 cm³/mol. The molecule has 0 spiro atoms. The van der Waals surface area contributed by atoms with Crippen LogP contribution in [0.2, 0.25) is 0 Å². The van der Waals surface area contributed by atoms with Gasteiger partial charge >= 0.3 is 0 Å². The molecule has 5 nitrogen and oxygen atoms in total. The lowest BCUT2D eigenvalue weighted by Gasteiger charge is -2.10. The highest BCUT2D eigenvalue weighted by Crippen LogP contribution is 2.15. The van der Waals surface area contributed by atoms with Crippen LogP contribution in [0.5, 0.6) is 0 Å². The summed E-state index contributed by atoms with van der Waals surface area (Å²) in [5.74, 6) is -0.750. The lowest BCUT2D eigenvalue weighted by atomic mass is 10.2. The molecule has 0 atom stereocenters. The number of anilines is 1. The van der Waals surface area contributed by atoms with E-state index in [-0.39, 0.29) is 23.8 Å². The topological polar surface area (TPSA) is 64.0 Å². The van der Waals surface area contributed by atoms with Gasteiger partial charge in [-0.2, -0.15) is 5.10 Å². The van der Waals surface area contributed by atoms with Gasteiger partial charge in [-0.25, -0.2) is 9.07 Å². The van der Waals surface area contributed by atoms with Crippen molar-refractivity contribution in [2.24, 2.45) is 0 Å². The van der Waals surface area contributed by atoms with Crippen molar-refractivity contribution >= 4 is 11.6 Å². The maximum atomic E-state index is 13.0. The third-order valence-electron chi connectivity index (χ3n) is 3.19. The van der Waals surface area contributed by atoms with E-state index in [4.69, 9.17) is 0 Å². The van der Waals surface area contributed by atoms with E-state index in [1.54, 1.807) is 20.8 Å². The highest BCUT2D eigenvalue weighted by Gasteiger charge is 2.09. The fourth-order valence-corrected chi connectivity index (χ4v) is 1.88. The van der Waals surface area contributed by atoms with E-state index in [0.29, 0.717) is 16.9 Å². The van der Waals surface area contributed by atoms with Crippen molar-refractivity contribution < 1.29 is 9.18 Å². The van der Waals surface area contributed by atoms with Gasteiger partial charge in [-0.1, -0.05) is 0 Å². The summed E-state index contributed by atoms with van der Waals surface area (Å²) in [5, 5.41) is 6.72. The van der Waals surface area contributed by atoms with E-state index < -0.39 is 0 Å². The minimum atomic E-state index is -0.387. The Hall–Kier alpha value is -2.50. The maximum Gasteiger partial charge on any atom is 0.267 e. The molecule has 0 aliphatic heterocycles. The molecule has 1 aromatic heterocycles. The number of nitrogens with one attached hydrogen (secondary N) is 1. The van der Waals surface area contributed by atoms with Crippen LogP contribution in [0.15, 0.2) is 29.1 Å². The lowest BCUT2D eigenvalue weighted by Crippen LogP contribution is -2.30. The molecule has 21 heavy (non-hydrogen) atoms. The summed E-state index contributed by atoms with van der Waals surface area (Å²) in [6, 6.07) is 5.52. The molecule has 0 saturated heterocycles. The smallest absolute Gasteiger partial charge is 0.267 e. The van der Waals surface area contributed by atoms with Gasteiger partial charge < -0.3 is 5.32 Å². The van der Waals surface area contributed by atoms with Gasteiger partial charge in [0.25, 0.3) is 5.56 Å². The molecule has 2 aromatic rings. The Balaban J connectivity index is 2.15. The highest BCUT2D eigenvalue weighted by atomic mass is 19.1. The summed E-state index contributed by atoms with van der Waals surface area (Å²) < 4.78 is 14.1. The molecular formula is C15H16FN3O2. The van der Waals surface area contributed by atoms with Crippen LogP contribution in [0.3, 0.4) is 0 Å². The first kappa shape index (κ1) is 14.9. The SMILES string of the molecule is Cc1cc(F)ccc1NC(=O)Cn1nc(C)c(C)cc1=O. The van der Waals surface area contributed by atoms with Crippen LogP contribution < -0.4 is 10.9 Å². The van der Waals surface area contributed by atoms with Crippen LogP contribution in [0.4, 0.5) is 10.1 Å². The molecular weight excluding hydrogens is 273 g/mol. The first-order valence-electron chi connectivity index (χ1n) is 6.48. The number of halogens is 1. The summed E-state index contributed by atoms with van der Waals surface area (Å²) in [5.41, 5.74) is 2.28. The number of amides is 1. The molecule has 6 heteroatoms. The molecule has 1 amide bonds. The fourth-order valence-electron chi connectivity index (χ4n) is 1.88. The Labute approximate surface area is 121 Å². The number of carbonyl (C=O) groups is 1. The molecule has 1 N–H and O–H groups in total. The maximum absolute atomic E-state index is 13.0. The van der Waals surface area contributed by atoms with Gasteiger partial charge in [0, 0.05) is 11.8 Å². The third-order valence-corrected chi connectivity index (χ3v) is 3.19. The molecule has 0 unspecified atom stereocenters. The first-order valence-corrected chi connectivity index (χ1v) is 6.48. The van der Waals surface area contributed by atoms with Crippen molar-refractivity contribution in [2.75, 3.05) is 5.32 Å². The van der Waals surface area contributed by atoms with E-state index in [2.05, 4.69) is 10.4 Å². The molecule has 0 radical (unpaired) electrons. The quantitative estimate of drug-likeness (QED) is 0.939. The van der Waals surface area contributed by atoms with Crippen LogP contribution in [-0.4, -0.2) is 15.7 Å². The largest absolute Gasteiger partial charge is 0.324 e. The average molecular weight is 289 g/mol. The molecule has 0 saturated carbocycles. The number of rotatable bonds is 3. The Morgan fingerprint density at radius 3 is 2.62 bits per heavy atom. The Kier molecular flexibility index (Phi) is 4.16. The van der Waals surface area contributed by atoms with Gasteiger partial charge in [0.15, 0.2) is 0 Å². The van der Waals surface area contributed by atoms with Gasteiger partial charge in [-0.15, -0.1) is 0 Å². The van der Waals surface area contributed by atoms with Crippen molar-refractivity contribution in [3.8, 4) is 0 Å². The number of hydrogen-bond donors (Lipinski definition) is 1. The summed E-state index contributed by atoms with van der Waals surface area (Å²) in [7, 11) is 0. The first-order chi connectivity index (χ1) is 9.86. The Morgan fingerprint density at radius 1 is 1.24 bits per heavy atom. The summed E-state index contributed by atoms with van der Waals surface area (Å²) in [6.45, 7) is 5.07. The molecule has 0 aliphatic rings. The van der Waals surface area contributed by atoms with Crippen molar-refractivity contribution in [1.29, 1.82) is 0 Å². The number of aryl methyl sites for hydroxylation is 3. The van der Waals surface area contributed by atoms with Crippen LogP contribution in [0, 0.1) is 26.6 Å². The van der Waals surface area contributed by atoms with Gasteiger partial charge in [-0.05, 0) is 50.1 Å². The van der Waals surface area contributed by atoms with E-state index in [0.717, 1.165) is 10.2 Å². The zero-order valence-corrected chi connectivity index (χ0v) is 12.1. The second-order valence-corrected chi connectivity index (χ2v) is 4.92. The average Bonchev–Trinajstić information content (AvgIpc) is 2.39. The highest BCUT2D eigenvalue weighted by molar-refractivity contribution is 5.91. The zero-order valence-electron chi connectivity index (χ0n) is 12.1. The second kappa shape index (κ2) is 5.87. The van der Waals surface area contributed by atoms with Crippen LogP contribution in [-0.2, 0) is 11.3 Å². The van der Waals surface area contributed by atoms with E-state index in [1.807, 2.05) is 0 Å². The Bertz CT molecular complexity index is 753. The molecule has 0 fully saturated rings. The fraction of sp³-hybridized carbons (Fsp3) is 0.267. The van der Waals surface area contributed by atoms with Crippen molar-refractivity contribution in [1.82, 2.24) is 9.78 Å².